The number of amides is 5. The Hall–Kier alpha value is -3.40. The minimum absolute atomic E-state index is 0.0167. The molecular weight excluding hydrogens is 751 g/mol. The van der Waals surface area contributed by atoms with Crippen LogP contribution < -0.4 is 10.6 Å². The Balaban J connectivity index is 2.14. The molecule has 3 N–H and O–H groups in total. The Morgan fingerprint density at radius 3 is 2.12 bits per heavy atom. The first kappa shape index (κ1) is 49.7. The molecule has 0 aliphatic carbocycles. The van der Waals surface area contributed by atoms with Gasteiger partial charge in [0.25, 0.3) is 0 Å². The summed E-state index contributed by atoms with van der Waals surface area (Å²) in [6.45, 7) is 11.3. The number of aliphatic hydroxyl groups is 1. The van der Waals surface area contributed by atoms with Crippen LogP contribution in [0.1, 0.15) is 91.7 Å². The van der Waals surface area contributed by atoms with Crippen molar-refractivity contribution in [1.82, 2.24) is 25.3 Å². The number of hydrogen-bond donors (Lipinski definition) is 4. The summed E-state index contributed by atoms with van der Waals surface area (Å²) in [6, 6.07) is 6.89. The van der Waals surface area contributed by atoms with Crippen molar-refractivity contribution < 1.29 is 42.8 Å². The molecule has 0 saturated carbocycles. The van der Waals surface area contributed by atoms with Gasteiger partial charge in [-0.1, -0.05) is 71.4 Å². The van der Waals surface area contributed by atoms with Gasteiger partial charge in [-0.05, 0) is 56.1 Å². The van der Waals surface area contributed by atoms with Gasteiger partial charge < -0.3 is 39.9 Å². The van der Waals surface area contributed by atoms with Crippen LogP contribution in [-0.2, 0) is 43.4 Å². The van der Waals surface area contributed by atoms with Gasteiger partial charge in [-0.3, -0.25) is 28.2 Å². The molecule has 0 aromatic heterocycles. The van der Waals surface area contributed by atoms with E-state index in [9.17, 15) is 33.3 Å². The first-order valence-electron chi connectivity index (χ1n) is 20.4. The Bertz CT molecular complexity index is 1510. The van der Waals surface area contributed by atoms with Gasteiger partial charge in [-0.25, -0.2) is 0 Å². The lowest BCUT2D eigenvalue weighted by Gasteiger charge is -2.39. The van der Waals surface area contributed by atoms with Crippen LogP contribution in [0.4, 0.5) is 0 Å². The standard InChI is InChI=1S/C42H73N5O9S/c1-13-28(4)38(46(8)36(50)26-43-42(53)37(27(2)3)45(7)34(48)22-18-24-57(11,12)54)33(55-9)25-35(49)47-23-17-21-32(47)40(56-10)29(5)41(52)44-30(6)39(51)31-19-15-14-16-20-31/h14-16,19-20,27-30,32-33,37-40,51,57H,13,17-18,21-26H2,1-12H3,(H,43,53)(H,44,52)/t28-,29+,30+,32-,33+,37?,38-,39+,40+/m0/s1. The molecule has 326 valence electrons. The Morgan fingerprint density at radius 1 is 0.947 bits per heavy atom. The highest BCUT2D eigenvalue weighted by Gasteiger charge is 2.42. The molecular formula is C42H73N5O9S. The summed E-state index contributed by atoms with van der Waals surface area (Å²) in [5.74, 6) is -2.00. The highest BCUT2D eigenvalue weighted by molar-refractivity contribution is 8.01. The van der Waals surface area contributed by atoms with Crippen LogP contribution in [0.25, 0.3) is 0 Å². The van der Waals surface area contributed by atoms with E-state index in [2.05, 4.69) is 10.6 Å². The van der Waals surface area contributed by atoms with E-state index < -0.39 is 58.2 Å². The lowest BCUT2D eigenvalue weighted by molar-refractivity contribution is -0.146. The first-order valence-corrected chi connectivity index (χ1v) is 23.2. The molecule has 9 atom stereocenters. The molecule has 1 aromatic carbocycles. The normalized spacial score (nSPS) is 19.1. The van der Waals surface area contributed by atoms with Crippen LogP contribution in [0, 0.1) is 17.8 Å². The first-order chi connectivity index (χ1) is 26.7. The van der Waals surface area contributed by atoms with Gasteiger partial charge in [0.1, 0.15) is 6.04 Å². The summed E-state index contributed by atoms with van der Waals surface area (Å²) in [4.78, 5) is 72.4. The molecule has 1 unspecified atom stereocenters. The van der Waals surface area contributed by atoms with E-state index in [4.69, 9.17) is 9.47 Å². The quantitative estimate of drug-likeness (QED) is 0.121. The molecule has 1 saturated heterocycles. The number of thiol groups is 1. The molecule has 15 heteroatoms. The molecule has 1 fully saturated rings. The molecule has 1 heterocycles. The summed E-state index contributed by atoms with van der Waals surface area (Å²) in [6.07, 6.45) is 3.89. The number of rotatable bonds is 23. The Morgan fingerprint density at radius 2 is 1.58 bits per heavy atom. The topological polar surface area (TPSA) is 175 Å². The second kappa shape index (κ2) is 23.3. The maximum absolute atomic E-state index is 14.1. The number of benzene rings is 1. The van der Waals surface area contributed by atoms with Crippen LogP contribution in [0.5, 0.6) is 0 Å². The molecule has 1 aliphatic heterocycles. The van der Waals surface area contributed by atoms with E-state index in [1.165, 1.54) is 19.1 Å². The van der Waals surface area contributed by atoms with Gasteiger partial charge in [0.2, 0.25) is 29.5 Å². The maximum Gasteiger partial charge on any atom is 0.243 e. The van der Waals surface area contributed by atoms with E-state index in [0.717, 1.165) is 6.42 Å². The lowest BCUT2D eigenvalue weighted by Crippen LogP contribution is -2.56. The fraction of sp³-hybridized carbons (Fsp3) is 0.738. The van der Waals surface area contributed by atoms with Gasteiger partial charge in [-0.2, -0.15) is 0 Å². The molecule has 57 heavy (non-hydrogen) atoms. The molecule has 0 spiro atoms. The SMILES string of the molecule is CC[C@H](C)[C@@H]([C@@H](CC(=O)N1CCC[C@H]1[C@H](OC)[C@@H](C)C(=O)N[C@H](C)[C@@H](O)c1ccccc1)OC)N(C)C(=O)CNC(=O)C(C(C)C)N(C)C(=O)CCC[SH](C)(C)=O. The zero-order chi connectivity index (χ0) is 43.2. The molecule has 0 radical (unpaired) electrons. The van der Waals surface area contributed by atoms with Crippen molar-refractivity contribution in [2.75, 3.05) is 59.7 Å². The smallest absolute Gasteiger partial charge is 0.243 e. The average Bonchev–Trinajstić information content (AvgIpc) is 3.65. The summed E-state index contributed by atoms with van der Waals surface area (Å²) in [5.41, 5.74) is 0.695. The zero-order valence-corrected chi connectivity index (χ0v) is 37.4. The molecule has 2 rings (SSSR count). The third kappa shape index (κ3) is 14.4. The highest BCUT2D eigenvalue weighted by atomic mass is 32.2. The molecule has 14 nitrogen and oxygen atoms in total. The van der Waals surface area contributed by atoms with Gasteiger partial charge in [-0.15, -0.1) is 9.93 Å². The monoisotopic (exact) mass is 824 g/mol. The fourth-order valence-corrected chi connectivity index (χ4v) is 8.88. The molecule has 1 aromatic rings. The van der Waals surface area contributed by atoms with Gasteiger partial charge >= 0.3 is 0 Å². The van der Waals surface area contributed by atoms with Crippen LogP contribution in [-0.4, -0.2) is 150 Å². The average molecular weight is 824 g/mol. The highest BCUT2D eigenvalue weighted by Crippen LogP contribution is 2.30. The lowest BCUT2D eigenvalue weighted by atomic mass is 9.90. The number of carbonyl (C=O) groups excluding carboxylic acids is 5. The second-order valence-corrected chi connectivity index (χ2v) is 20.2. The van der Waals surface area contributed by atoms with Gasteiger partial charge in [0.05, 0.1) is 55.3 Å². The molecule has 5 amide bonds. The van der Waals surface area contributed by atoms with Crippen LogP contribution >= 0.6 is 0 Å². The van der Waals surface area contributed by atoms with Crippen molar-refractivity contribution >= 4 is 39.5 Å². The van der Waals surface area contributed by atoms with Crippen LogP contribution in [0.3, 0.4) is 0 Å². The third-order valence-electron chi connectivity index (χ3n) is 11.5. The van der Waals surface area contributed by atoms with Crippen molar-refractivity contribution in [3.63, 3.8) is 0 Å². The third-order valence-corrected chi connectivity index (χ3v) is 12.9. The van der Waals surface area contributed by atoms with Crippen molar-refractivity contribution in [3.8, 4) is 0 Å². The summed E-state index contributed by atoms with van der Waals surface area (Å²) in [5, 5.41) is 16.5. The zero-order valence-electron chi connectivity index (χ0n) is 36.5. The predicted molar refractivity (Wildman–Crippen MR) is 225 cm³/mol. The van der Waals surface area contributed by atoms with Crippen molar-refractivity contribution in [2.24, 2.45) is 17.8 Å². The second-order valence-electron chi connectivity index (χ2n) is 16.6. The fourth-order valence-electron chi connectivity index (χ4n) is 7.96. The number of methoxy groups -OCH3 is 2. The van der Waals surface area contributed by atoms with Crippen molar-refractivity contribution in [1.29, 1.82) is 0 Å². The van der Waals surface area contributed by atoms with E-state index in [0.29, 0.717) is 37.1 Å². The van der Waals surface area contributed by atoms with Gasteiger partial charge in [0, 0.05) is 47.0 Å². The minimum Gasteiger partial charge on any atom is -0.386 e. The van der Waals surface area contributed by atoms with Crippen molar-refractivity contribution in [2.45, 2.75) is 123 Å². The largest absolute Gasteiger partial charge is 0.386 e. The molecule has 0 bridgehead atoms. The predicted octanol–water partition coefficient (Wildman–Crippen LogP) is 2.80. The van der Waals surface area contributed by atoms with E-state index in [1.807, 2.05) is 45.9 Å². The molecule has 1 aliphatic rings. The number of ether oxygens (including phenoxy) is 2. The van der Waals surface area contributed by atoms with E-state index in [-0.39, 0.29) is 60.9 Å². The summed E-state index contributed by atoms with van der Waals surface area (Å²) >= 11 is 0. The Kier molecular flexibility index (Phi) is 20.3. The number of nitrogens with zero attached hydrogens (tertiary/aromatic N) is 3. The number of aliphatic hydroxyl groups excluding tert-OH is 1. The number of likely N-dealkylation sites (N-methyl/N-ethyl adjacent to an activating group) is 2. The minimum atomic E-state index is -2.26. The Labute approximate surface area is 342 Å². The van der Waals surface area contributed by atoms with Crippen molar-refractivity contribution in [3.05, 3.63) is 35.9 Å². The summed E-state index contributed by atoms with van der Waals surface area (Å²) in [7, 11) is 4.01. The summed E-state index contributed by atoms with van der Waals surface area (Å²) < 4.78 is 23.9. The number of carbonyl (C=O) groups is 5. The number of nitrogens with one attached hydrogen (secondary N) is 2. The van der Waals surface area contributed by atoms with Crippen LogP contribution in [0.2, 0.25) is 0 Å². The van der Waals surface area contributed by atoms with E-state index >= 15 is 0 Å². The number of likely N-dealkylation sites (tertiary alicyclic amines) is 1. The maximum atomic E-state index is 14.1. The van der Waals surface area contributed by atoms with Gasteiger partial charge in [0.15, 0.2) is 0 Å². The van der Waals surface area contributed by atoms with Crippen LogP contribution in [0.15, 0.2) is 30.3 Å². The van der Waals surface area contributed by atoms with E-state index in [1.54, 1.807) is 62.4 Å². The number of hydrogen-bond acceptors (Lipinski definition) is 9.